The van der Waals surface area contributed by atoms with Crippen molar-refractivity contribution in [2.45, 2.75) is 19.4 Å². The topological polar surface area (TPSA) is 104 Å². The lowest BCUT2D eigenvalue weighted by molar-refractivity contribution is -0.140. The van der Waals surface area contributed by atoms with Crippen LogP contribution in [-0.4, -0.2) is 56.4 Å². The zero-order chi connectivity index (χ0) is 22.1. The zero-order valence-corrected chi connectivity index (χ0v) is 17.3. The Kier molecular flexibility index (Phi) is 5.48. The number of Topliss-reactive ketones (excluding diaryl/α,β-unsaturated/α-hetero) is 1. The monoisotopic (exact) mass is 421 g/mol. The van der Waals surface area contributed by atoms with Crippen molar-refractivity contribution in [2.24, 2.45) is 0 Å². The lowest BCUT2D eigenvalue weighted by Crippen LogP contribution is -2.31. The first-order chi connectivity index (χ1) is 14.9. The van der Waals surface area contributed by atoms with Gasteiger partial charge in [-0.25, -0.2) is 4.98 Å². The number of phenols is 1. The van der Waals surface area contributed by atoms with Gasteiger partial charge in [0.1, 0.15) is 17.1 Å². The molecule has 0 spiro atoms. The number of benzene rings is 1. The Morgan fingerprint density at radius 3 is 2.74 bits per heavy atom. The van der Waals surface area contributed by atoms with E-state index in [0.717, 1.165) is 0 Å². The number of ketones is 1. The minimum Gasteiger partial charge on any atom is -0.508 e. The number of phenolic OH excluding ortho intramolecular Hbond substituents is 1. The number of aliphatic hydroxyl groups excluding tert-OH is 1. The number of ether oxygens (including phenoxy) is 1. The lowest BCUT2D eigenvalue weighted by atomic mass is 9.96. The number of pyridine rings is 1. The molecule has 3 aromatic rings. The second kappa shape index (κ2) is 8.23. The van der Waals surface area contributed by atoms with Crippen molar-refractivity contribution in [1.29, 1.82) is 0 Å². The first-order valence-corrected chi connectivity index (χ1v) is 9.94. The molecule has 1 atom stereocenters. The van der Waals surface area contributed by atoms with Crippen LogP contribution in [0.25, 0.3) is 11.4 Å². The molecular weight excluding hydrogens is 398 g/mol. The summed E-state index contributed by atoms with van der Waals surface area (Å²) >= 11 is 0. The van der Waals surface area contributed by atoms with E-state index in [4.69, 9.17) is 4.74 Å². The Bertz CT molecular complexity index is 1200. The molecule has 160 valence electrons. The van der Waals surface area contributed by atoms with Gasteiger partial charge in [0, 0.05) is 26.5 Å². The van der Waals surface area contributed by atoms with E-state index in [2.05, 4.69) is 4.98 Å². The van der Waals surface area contributed by atoms with E-state index in [9.17, 15) is 19.8 Å². The Hall–Kier alpha value is -3.65. The van der Waals surface area contributed by atoms with Crippen molar-refractivity contribution in [2.75, 3.05) is 20.3 Å². The summed E-state index contributed by atoms with van der Waals surface area (Å²) in [5, 5.41) is 21.3. The molecule has 1 fully saturated rings. The number of likely N-dealkylation sites (tertiary alicyclic amines) is 1. The molecule has 1 saturated heterocycles. The highest BCUT2D eigenvalue weighted by atomic mass is 16.5. The van der Waals surface area contributed by atoms with Crippen LogP contribution in [0.3, 0.4) is 0 Å². The maximum atomic E-state index is 13.1. The van der Waals surface area contributed by atoms with Crippen LogP contribution in [-0.2, 0) is 14.3 Å². The van der Waals surface area contributed by atoms with Crippen molar-refractivity contribution in [1.82, 2.24) is 14.3 Å². The van der Waals surface area contributed by atoms with Crippen LogP contribution in [0.2, 0.25) is 0 Å². The molecular formula is C23H23N3O5. The van der Waals surface area contributed by atoms with E-state index in [-0.39, 0.29) is 23.6 Å². The fourth-order valence-electron chi connectivity index (χ4n) is 4.06. The van der Waals surface area contributed by atoms with Crippen LogP contribution in [0.1, 0.15) is 29.4 Å². The first kappa shape index (κ1) is 20.6. The number of methoxy groups -OCH3 is 1. The standard InChI is InChI=1S/C23H23N3O5/c1-14-19(25-10-4-3-9-17(25)24-14)21(28)18-20(15-7-5-8-16(27)13-15)26(11-6-12-31-2)23(30)22(18)29/h3-5,7-10,13,20,27-28H,6,11-12H2,1-2H3/b21-18+. The van der Waals surface area contributed by atoms with E-state index >= 15 is 0 Å². The third-order valence-corrected chi connectivity index (χ3v) is 5.40. The molecule has 0 saturated carbocycles. The number of aromatic hydroxyl groups is 1. The van der Waals surface area contributed by atoms with Crippen LogP contribution in [0, 0.1) is 6.92 Å². The summed E-state index contributed by atoms with van der Waals surface area (Å²) in [6, 6.07) is 10.9. The number of rotatable bonds is 6. The molecule has 1 amide bonds. The van der Waals surface area contributed by atoms with Crippen LogP contribution >= 0.6 is 0 Å². The fourth-order valence-corrected chi connectivity index (χ4v) is 4.06. The second-order valence-electron chi connectivity index (χ2n) is 7.41. The summed E-state index contributed by atoms with van der Waals surface area (Å²) in [5.74, 6) is -1.76. The summed E-state index contributed by atoms with van der Waals surface area (Å²) in [7, 11) is 1.56. The third kappa shape index (κ3) is 3.55. The average molecular weight is 421 g/mol. The Balaban J connectivity index is 1.91. The van der Waals surface area contributed by atoms with Gasteiger partial charge in [-0.05, 0) is 43.2 Å². The van der Waals surface area contributed by atoms with Gasteiger partial charge in [-0.3, -0.25) is 14.0 Å². The summed E-state index contributed by atoms with van der Waals surface area (Å²) in [4.78, 5) is 31.8. The second-order valence-corrected chi connectivity index (χ2v) is 7.41. The smallest absolute Gasteiger partial charge is 0.295 e. The summed E-state index contributed by atoms with van der Waals surface area (Å²) < 4.78 is 6.77. The molecule has 1 aliphatic rings. The number of hydrogen-bond acceptors (Lipinski definition) is 6. The highest BCUT2D eigenvalue weighted by Crippen LogP contribution is 2.40. The maximum absolute atomic E-state index is 13.1. The van der Waals surface area contributed by atoms with Gasteiger partial charge >= 0.3 is 0 Å². The zero-order valence-electron chi connectivity index (χ0n) is 17.3. The molecule has 1 unspecified atom stereocenters. The van der Waals surface area contributed by atoms with Crippen molar-refractivity contribution < 1.29 is 24.5 Å². The molecule has 3 heterocycles. The van der Waals surface area contributed by atoms with E-state index in [0.29, 0.717) is 35.6 Å². The number of hydrogen-bond donors (Lipinski definition) is 2. The lowest BCUT2D eigenvalue weighted by Gasteiger charge is -2.25. The van der Waals surface area contributed by atoms with E-state index in [1.807, 2.05) is 6.07 Å². The number of imidazole rings is 1. The quantitative estimate of drug-likeness (QED) is 0.275. The number of carbonyl (C=O) groups is 2. The Labute approximate surface area is 179 Å². The number of carbonyl (C=O) groups excluding carboxylic acids is 2. The van der Waals surface area contributed by atoms with Gasteiger partial charge in [0.15, 0.2) is 5.76 Å². The van der Waals surface area contributed by atoms with E-state index in [1.165, 1.54) is 17.0 Å². The fraction of sp³-hybridized carbons (Fsp3) is 0.261. The van der Waals surface area contributed by atoms with Gasteiger partial charge in [-0.1, -0.05) is 18.2 Å². The van der Waals surface area contributed by atoms with Crippen LogP contribution in [0.5, 0.6) is 5.75 Å². The van der Waals surface area contributed by atoms with Crippen LogP contribution < -0.4 is 0 Å². The number of nitrogens with zero attached hydrogens (tertiary/aromatic N) is 3. The molecule has 31 heavy (non-hydrogen) atoms. The van der Waals surface area contributed by atoms with Crippen LogP contribution in [0.15, 0.2) is 54.2 Å². The molecule has 0 bridgehead atoms. The molecule has 2 aromatic heterocycles. The summed E-state index contributed by atoms with van der Waals surface area (Å²) in [6.07, 6.45) is 2.26. The Morgan fingerprint density at radius 2 is 2.00 bits per heavy atom. The molecule has 8 heteroatoms. The third-order valence-electron chi connectivity index (χ3n) is 5.40. The first-order valence-electron chi connectivity index (χ1n) is 9.94. The maximum Gasteiger partial charge on any atom is 0.295 e. The van der Waals surface area contributed by atoms with Gasteiger partial charge in [0.05, 0.1) is 17.3 Å². The van der Waals surface area contributed by atoms with E-state index in [1.54, 1.807) is 48.9 Å². The van der Waals surface area contributed by atoms with Gasteiger partial charge in [-0.2, -0.15) is 0 Å². The molecule has 0 radical (unpaired) electrons. The van der Waals surface area contributed by atoms with Crippen molar-refractivity contribution in [3.63, 3.8) is 0 Å². The number of aromatic nitrogens is 2. The molecule has 0 aliphatic carbocycles. The minimum absolute atomic E-state index is 0.00552. The Morgan fingerprint density at radius 1 is 1.19 bits per heavy atom. The summed E-state index contributed by atoms with van der Waals surface area (Å²) in [6.45, 7) is 2.42. The summed E-state index contributed by atoms with van der Waals surface area (Å²) in [5.41, 5.74) is 2.01. The SMILES string of the molecule is COCCCN1C(=O)C(=O)/C(=C(/O)c2c(C)nc3ccccn23)C1c1cccc(O)c1. The van der Waals surface area contributed by atoms with E-state index < -0.39 is 17.7 Å². The average Bonchev–Trinajstić information content (AvgIpc) is 3.22. The molecule has 1 aromatic carbocycles. The van der Waals surface area contributed by atoms with Crippen molar-refractivity contribution in [3.05, 3.63) is 71.2 Å². The van der Waals surface area contributed by atoms with Gasteiger partial charge in [0.25, 0.3) is 11.7 Å². The highest BCUT2D eigenvalue weighted by molar-refractivity contribution is 6.46. The number of aryl methyl sites for hydroxylation is 1. The van der Waals surface area contributed by atoms with Crippen molar-refractivity contribution >= 4 is 23.1 Å². The highest BCUT2D eigenvalue weighted by Gasteiger charge is 2.46. The largest absolute Gasteiger partial charge is 0.508 e. The predicted octanol–water partition coefficient (Wildman–Crippen LogP) is 2.81. The van der Waals surface area contributed by atoms with Gasteiger partial charge < -0.3 is 19.8 Å². The molecule has 1 aliphatic heterocycles. The molecule has 8 nitrogen and oxygen atoms in total. The van der Waals surface area contributed by atoms with Crippen molar-refractivity contribution in [3.8, 4) is 5.75 Å². The van der Waals surface area contributed by atoms with Crippen LogP contribution in [0.4, 0.5) is 0 Å². The minimum atomic E-state index is -0.836. The van der Waals surface area contributed by atoms with Gasteiger partial charge in [-0.15, -0.1) is 0 Å². The molecule has 4 rings (SSSR count). The predicted molar refractivity (Wildman–Crippen MR) is 114 cm³/mol. The normalized spacial score (nSPS) is 18.3. The molecule has 2 N–H and O–H groups in total. The van der Waals surface area contributed by atoms with Gasteiger partial charge in [0.2, 0.25) is 0 Å². The number of fused-ring (bicyclic) bond motifs is 1. The number of aliphatic hydroxyl groups is 1. The number of amides is 1.